The maximum atomic E-state index is 12.9. The molecule has 0 spiro atoms. The van der Waals surface area contributed by atoms with Gasteiger partial charge in [0.25, 0.3) is 0 Å². The number of hydrogen-bond acceptors (Lipinski definition) is 7. The van der Waals surface area contributed by atoms with E-state index in [2.05, 4.69) is 21.8 Å². The first-order valence-corrected chi connectivity index (χ1v) is 10.8. The molecule has 3 heterocycles. The molecule has 0 aliphatic carbocycles. The quantitative estimate of drug-likeness (QED) is 0.486. The molecule has 1 aromatic heterocycles. The molecule has 4 N–H and O–H groups in total. The van der Waals surface area contributed by atoms with E-state index in [-0.39, 0.29) is 0 Å². The van der Waals surface area contributed by atoms with Crippen molar-refractivity contribution in [2.75, 3.05) is 38.1 Å². The summed E-state index contributed by atoms with van der Waals surface area (Å²) in [5, 5.41) is 32.5. The normalized spacial score (nSPS) is 21.6. The highest BCUT2D eigenvalue weighted by Gasteiger charge is 2.38. The van der Waals surface area contributed by atoms with E-state index >= 15 is 0 Å². The number of nitrogens with zero attached hydrogens (tertiary/aromatic N) is 3. The highest BCUT2D eigenvalue weighted by molar-refractivity contribution is 5.83. The lowest BCUT2D eigenvalue weighted by Crippen LogP contribution is -2.39. The second-order valence-corrected chi connectivity index (χ2v) is 8.69. The molecule has 0 saturated carbocycles. The number of anilines is 1. The molecular weight excluding hydrogens is 471 g/mol. The summed E-state index contributed by atoms with van der Waals surface area (Å²) in [7, 11) is 2.16. The number of carbonyl (C=O) groups is 2. The third-order valence-electron chi connectivity index (χ3n) is 6.07. The van der Waals surface area contributed by atoms with Crippen LogP contribution in [0, 0.1) is 11.8 Å². The minimum atomic E-state index is -4.34. The van der Waals surface area contributed by atoms with Gasteiger partial charge in [0, 0.05) is 31.7 Å². The zero-order chi connectivity index (χ0) is 25.9. The van der Waals surface area contributed by atoms with Crippen molar-refractivity contribution in [1.82, 2.24) is 9.88 Å². The number of benzene rings is 1. The van der Waals surface area contributed by atoms with Crippen molar-refractivity contribution in [3.8, 4) is 11.3 Å². The largest absolute Gasteiger partial charge is 0.479 e. The van der Waals surface area contributed by atoms with Crippen LogP contribution in [0.5, 0.6) is 0 Å². The number of fused-ring (bicyclic) bond motifs is 1. The first-order chi connectivity index (χ1) is 16.4. The second-order valence-electron chi connectivity index (χ2n) is 8.69. The zero-order valence-electron chi connectivity index (χ0n) is 18.8. The van der Waals surface area contributed by atoms with Crippen molar-refractivity contribution < 1.29 is 43.2 Å². The molecule has 1 aromatic carbocycles. The standard InChI is InChI=1S/C19H20F3N3.C4H6O6/c1-24-9-14-11-25(12-15(14)10-24)17-5-6-18(23-8-17)13-3-2-4-16(7-13)19(20,21)22;5-1(3(7)8)2(6)4(9)10/h2-8,14-15H,9-12H2,1H3;1-2,5-6H,(H,7,8)(H,9,10). The summed E-state index contributed by atoms with van der Waals surface area (Å²) in [6.07, 6.45) is -7.09. The highest BCUT2D eigenvalue weighted by atomic mass is 19.4. The molecule has 4 atom stereocenters. The van der Waals surface area contributed by atoms with Crippen molar-refractivity contribution in [3.05, 3.63) is 48.2 Å². The lowest BCUT2D eigenvalue weighted by atomic mass is 10.0. The average Bonchev–Trinajstić information content (AvgIpc) is 3.35. The summed E-state index contributed by atoms with van der Waals surface area (Å²) < 4.78 is 38.6. The predicted octanol–water partition coefficient (Wildman–Crippen LogP) is 1.64. The molecule has 0 radical (unpaired) electrons. The molecule has 4 unspecified atom stereocenters. The Morgan fingerprint density at radius 1 is 0.971 bits per heavy atom. The number of halogens is 3. The van der Waals surface area contributed by atoms with E-state index in [9.17, 15) is 22.8 Å². The Labute approximate surface area is 199 Å². The van der Waals surface area contributed by atoms with Crippen LogP contribution in [0.2, 0.25) is 0 Å². The number of rotatable bonds is 5. The number of likely N-dealkylation sites (tertiary alicyclic amines) is 1. The molecular formula is C23H26F3N3O6. The summed E-state index contributed by atoms with van der Waals surface area (Å²) in [4.78, 5) is 28.7. The van der Waals surface area contributed by atoms with Crippen LogP contribution in [0.1, 0.15) is 5.56 Å². The third kappa shape index (κ3) is 6.47. The summed E-state index contributed by atoms with van der Waals surface area (Å²) in [6.45, 7) is 4.33. The highest BCUT2D eigenvalue weighted by Crippen LogP contribution is 2.34. The maximum absolute atomic E-state index is 12.9. The van der Waals surface area contributed by atoms with Crippen LogP contribution in [0.4, 0.5) is 18.9 Å². The third-order valence-corrected chi connectivity index (χ3v) is 6.07. The van der Waals surface area contributed by atoms with Crippen LogP contribution in [-0.2, 0) is 15.8 Å². The minimum absolute atomic E-state index is 0.487. The number of carboxylic acids is 2. The van der Waals surface area contributed by atoms with E-state index < -0.39 is 35.9 Å². The number of alkyl halides is 3. The van der Waals surface area contributed by atoms with Crippen molar-refractivity contribution in [2.45, 2.75) is 18.4 Å². The van der Waals surface area contributed by atoms with E-state index in [0.717, 1.165) is 44.0 Å². The van der Waals surface area contributed by atoms with Crippen molar-refractivity contribution >= 4 is 17.6 Å². The topological polar surface area (TPSA) is 134 Å². The second kappa shape index (κ2) is 10.6. The molecule has 0 bridgehead atoms. The molecule has 190 valence electrons. The van der Waals surface area contributed by atoms with Crippen LogP contribution in [-0.4, -0.2) is 87.7 Å². The smallest absolute Gasteiger partial charge is 0.416 e. The minimum Gasteiger partial charge on any atom is -0.479 e. The van der Waals surface area contributed by atoms with Gasteiger partial charge in [-0.25, -0.2) is 9.59 Å². The number of hydrogen-bond donors (Lipinski definition) is 4. The number of pyridine rings is 1. The van der Waals surface area contributed by atoms with Gasteiger partial charge in [-0.05, 0) is 43.1 Å². The van der Waals surface area contributed by atoms with Crippen molar-refractivity contribution in [3.63, 3.8) is 0 Å². The number of aliphatic hydroxyl groups is 2. The number of aliphatic hydroxyl groups excluding tert-OH is 2. The lowest BCUT2D eigenvalue weighted by molar-refractivity contribution is -0.165. The maximum Gasteiger partial charge on any atom is 0.416 e. The van der Waals surface area contributed by atoms with Crippen LogP contribution in [0.15, 0.2) is 42.6 Å². The van der Waals surface area contributed by atoms with E-state index in [4.69, 9.17) is 20.4 Å². The van der Waals surface area contributed by atoms with Crippen LogP contribution < -0.4 is 4.90 Å². The number of aromatic nitrogens is 1. The Morgan fingerprint density at radius 2 is 1.54 bits per heavy atom. The molecule has 2 aromatic rings. The molecule has 35 heavy (non-hydrogen) atoms. The van der Waals surface area contributed by atoms with Gasteiger partial charge in [0.05, 0.1) is 23.1 Å². The Balaban J connectivity index is 0.000000292. The Morgan fingerprint density at radius 3 is 2.00 bits per heavy atom. The number of aliphatic carboxylic acids is 2. The zero-order valence-corrected chi connectivity index (χ0v) is 18.8. The molecule has 0 amide bonds. The monoisotopic (exact) mass is 497 g/mol. The molecule has 2 aliphatic rings. The van der Waals surface area contributed by atoms with Gasteiger partial charge >= 0.3 is 18.1 Å². The summed E-state index contributed by atoms with van der Waals surface area (Å²) in [5.41, 5.74) is 1.45. The average molecular weight is 497 g/mol. The van der Waals surface area contributed by atoms with Crippen molar-refractivity contribution in [1.29, 1.82) is 0 Å². The van der Waals surface area contributed by atoms with Gasteiger partial charge in [-0.2, -0.15) is 13.2 Å². The molecule has 2 aliphatic heterocycles. The van der Waals surface area contributed by atoms with Crippen molar-refractivity contribution in [2.24, 2.45) is 11.8 Å². The van der Waals surface area contributed by atoms with E-state index in [0.29, 0.717) is 23.1 Å². The summed E-state index contributed by atoms with van der Waals surface area (Å²) in [5.74, 6) is -2.13. The fourth-order valence-corrected chi connectivity index (χ4v) is 4.31. The molecule has 4 rings (SSSR count). The van der Waals surface area contributed by atoms with E-state index in [1.165, 1.54) is 6.07 Å². The van der Waals surface area contributed by atoms with E-state index in [1.807, 2.05) is 12.1 Å². The van der Waals surface area contributed by atoms with Gasteiger partial charge in [0.1, 0.15) is 0 Å². The number of carboxylic acid groups (broad SMARTS) is 2. The Bertz CT molecular complexity index is 1020. The van der Waals surface area contributed by atoms with Gasteiger partial charge in [-0.3, -0.25) is 4.98 Å². The van der Waals surface area contributed by atoms with Crippen LogP contribution >= 0.6 is 0 Å². The van der Waals surface area contributed by atoms with Gasteiger partial charge in [-0.15, -0.1) is 0 Å². The Hall–Kier alpha value is -3.22. The first-order valence-electron chi connectivity index (χ1n) is 10.8. The van der Waals surface area contributed by atoms with Gasteiger partial charge < -0.3 is 30.2 Å². The van der Waals surface area contributed by atoms with Crippen LogP contribution in [0.25, 0.3) is 11.3 Å². The first kappa shape index (κ1) is 26.4. The molecule has 12 heteroatoms. The van der Waals surface area contributed by atoms with Gasteiger partial charge in [0.2, 0.25) is 0 Å². The SMILES string of the molecule is CN1CC2CN(c3ccc(-c4cccc(C(F)(F)F)c4)nc3)CC2C1.O=C(O)C(O)C(O)C(=O)O. The predicted molar refractivity (Wildman–Crippen MR) is 119 cm³/mol. The fourth-order valence-electron chi connectivity index (χ4n) is 4.31. The molecule has 2 saturated heterocycles. The van der Waals surface area contributed by atoms with Gasteiger partial charge in [-0.1, -0.05) is 12.1 Å². The molecule has 9 nitrogen and oxygen atoms in total. The molecule has 2 fully saturated rings. The van der Waals surface area contributed by atoms with E-state index in [1.54, 1.807) is 12.3 Å². The lowest BCUT2D eigenvalue weighted by Gasteiger charge is -2.21. The Kier molecular flexibility index (Phi) is 7.98. The summed E-state index contributed by atoms with van der Waals surface area (Å²) in [6, 6.07) is 9.09. The fraction of sp³-hybridized carbons (Fsp3) is 0.435. The van der Waals surface area contributed by atoms with Crippen LogP contribution in [0.3, 0.4) is 0 Å². The summed E-state index contributed by atoms with van der Waals surface area (Å²) >= 11 is 0. The van der Waals surface area contributed by atoms with Gasteiger partial charge in [0.15, 0.2) is 12.2 Å².